The van der Waals surface area contributed by atoms with E-state index < -0.39 is 11.1 Å². The van der Waals surface area contributed by atoms with Crippen LogP contribution in [-0.2, 0) is 0 Å². The minimum absolute atomic E-state index is 0.346. The first kappa shape index (κ1) is 15.9. The first-order valence-electron chi connectivity index (χ1n) is 7.59. The maximum atomic E-state index is 13.2. The fourth-order valence-electron chi connectivity index (χ4n) is 3.04. The van der Waals surface area contributed by atoms with Gasteiger partial charge in [0, 0.05) is 20.8 Å². The third-order valence-electron chi connectivity index (χ3n) is 4.12. The third-order valence-corrected chi connectivity index (χ3v) is 4.55. The van der Waals surface area contributed by atoms with Crippen molar-refractivity contribution in [3.05, 3.63) is 97.5 Å². The molecule has 5 heteroatoms. The molecule has 0 amide bonds. The number of hydrogen-bond acceptors (Lipinski definition) is 2. The van der Waals surface area contributed by atoms with E-state index in [1.165, 1.54) is 0 Å². The second kappa shape index (κ2) is 6.03. The Morgan fingerprint density at radius 3 is 1.44 bits per heavy atom. The second-order valence-corrected chi connectivity index (χ2v) is 6.54. The van der Waals surface area contributed by atoms with Crippen LogP contribution in [0.1, 0.15) is 0 Å². The van der Waals surface area contributed by atoms with Gasteiger partial charge in [-0.05, 0) is 41.1 Å². The molecular weight excluding hydrogens is 357 g/mol. The minimum Gasteiger partial charge on any atom is -0.268 e. The van der Waals surface area contributed by atoms with Crippen molar-refractivity contribution in [2.75, 3.05) is 0 Å². The maximum Gasteiger partial charge on any atom is 0.265 e. The van der Waals surface area contributed by atoms with Gasteiger partial charge >= 0.3 is 0 Å². The van der Waals surface area contributed by atoms with Crippen LogP contribution in [-0.4, -0.2) is 4.57 Å². The Balaban J connectivity index is 2.33. The van der Waals surface area contributed by atoms with Crippen LogP contribution < -0.4 is 11.1 Å². The molecule has 0 fully saturated rings. The van der Waals surface area contributed by atoms with Gasteiger partial charge in [-0.3, -0.25) is 9.59 Å². The van der Waals surface area contributed by atoms with E-state index in [9.17, 15) is 9.59 Å². The number of benzene rings is 3. The van der Waals surface area contributed by atoms with Crippen molar-refractivity contribution in [3.8, 4) is 5.69 Å². The highest BCUT2D eigenvalue weighted by Crippen LogP contribution is 2.23. The van der Waals surface area contributed by atoms with Gasteiger partial charge in [0.1, 0.15) is 0 Å². The first-order valence-corrected chi connectivity index (χ1v) is 8.35. The van der Waals surface area contributed by atoms with E-state index in [4.69, 9.17) is 23.2 Å². The lowest BCUT2D eigenvalue weighted by atomic mass is 10.1. The molecule has 0 radical (unpaired) electrons. The summed E-state index contributed by atoms with van der Waals surface area (Å²) in [6.45, 7) is 0. The van der Waals surface area contributed by atoms with E-state index in [2.05, 4.69) is 0 Å². The molecule has 3 nitrogen and oxygen atoms in total. The van der Waals surface area contributed by atoms with Crippen LogP contribution in [0.25, 0.3) is 27.2 Å². The SMILES string of the molecule is O=c1c2ccccc2c2ccccc2c(=O)n1-c1cc(Cl)cc(Cl)c1. The number of rotatable bonds is 1. The zero-order valence-electron chi connectivity index (χ0n) is 12.9. The molecule has 25 heavy (non-hydrogen) atoms. The average Bonchev–Trinajstić information content (AvgIpc) is 2.69. The van der Waals surface area contributed by atoms with E-state index in [0.717, 1.165) is 15.3 Å². The monoisotopic (exact) mass is 367 g/mol. The summed E-state index contributed by atoms with van der Waals surface area (Å²) in [6, 6.07) is 19.0. The van der Waals surface area contributed by atoms with E-state index in [-0.39, 0.29) is 0 Å². The first-order chi connectivity index (χ1) is 12.1. The lowest BCUT2D eigenvalue weighted by Crippen LogP contribution is -2.28. The molecular formula is C20H11Cl2NO2. The fourth-order valence-corrected chi connectivity index (χ4v) is 3.56. The van der Waals surface area contributed by atoms with Crippen LogP contribution in [0.3, 0.4) is 0 Å². The van der Waals surface area contributed by atoms with E-state index in [1.54, 1.807) is 42.5 Å². The normalized spacial score (nSPS) is 11.1. The zero-order chi connectivity index (χ0) is 17.6. The van der Waals surface area contributed by atoms with E-state index in [0.29, 0.717) is 26.5 Å². The lowest BCUT2D eigenvalue weighted by Gasteiger charge is -2.04. The smallest absolute Gasteiger partial charge is 0.265 e. The van der Waals surface area contributed by atoms with Gasteiger partial charge in [-0.25, -0.2) is 4.57 Å². The predicted octanol–water partition coefficient (Wildman–Crippen LogP) is 4.81. The topological polar surface area (TPSA) is 39.1 Å². The van der Waals surface area contributed by atoms with Gasteiger partial charge in [0.15, 0.2) is 0 Å². The summed E-state index contributed by atoms with van der Waals surface area (Å²) in [5, 5.41) is 3.08. The highest BCUT2D eigenvalue weighted by Gasteiger charge is 2.13. The standard InChI is InChI=1S/C20H11Cl2NO2/c21-12-9-13(22)11-14(10-12)23-19(24)17-7-3-1-5-15(17)16-6-2-4-8-18(16)20(23)25/h1-11H. The van der Waals surface area contributed by atoms with Crippen molar-refractivity contribution in [2.24, 2.45) is 0 Å². The molecule has 3 aromatic carbocycles. The van der Waals surface area contributed by atoms with Gasteiger partial charge in [0.05, 0.1) is 5.69 Å². The molecule has 122 valence electrons. The largest absolute Gasteiger partial charge is 0.268 e. The highest BCUT2D eigenvalue weighted by atomic mass is 35.5. The molecule has 1 aromatic heterocycles. The van der Waals surface area contributed by atoms with Crippen LogP contribution in [0.15, 0.2) is 76.3 Å². The number of fused-ring (bicyclic) bond motifs is 3. The van der Waals surface area contributed by atoms with Gasteiger partial charge < -0.3 is 0 Å². The van der Waals surface area contributed by atoms with E-state index >= 15 is 0 Å². The van der Waals surface area contributed by atoms with E-state index in [1.807, 2.05) is 24.3 Å². The molecule has 0 aliphatic rings. The Labute approximate surface area is 152 Å². The van der Waals surface area contributed by atoms with Gasteiger partial charge in [-0.1, -0.05) is 59.6 Å². The predicted molar refractivity (Wildman–Crippen MR) is 103 cm³/mol. The number of halogens is 2. The minimum atomic E-state index is -0.407. The van der Waals surface area contributed by atoms with Crippen LogP contribution in [0.5, 0.6) is 0 Å². The van der Waals surface area contributed by atoms with Crippen molar-refractivity contribution in [1.29, 1.82) is 0 Å². The summed E-state index contributed by atoms with van der Waals surface area (Å²) >= 11 is 12.1. The summed E-state index contributed by atoms with van der Waals surface area (Å²) in [5.74, 6) is 0. The van der Waals surface area contributed by atoms with Crippen LogP contribution in [0.4, 0.5) is 0 Å². The zero-order valence-corrected chi connectivity index (χ0v) is 14.4. The fraction of sp³-hybridized carbons (Fsp3) is 0. The number of hydrogen-bond donors (Lipinski definition) is 0. The van der Waals surface area contributed by atoms with Gasteiger partial charge in [-0.15, -0.1) is 0 Å². The number of nitrogens with zero attached hydrogens (tertiary/aromatic N) is 1. The molecule has 0 unspecified atom stereocenters. The Hall–Kier alpha value is -2.62. The summed E-state index contributed by atoms with van der Waals surface area (Å²) in [7, 11) is 0. The number of aromatic nitrogens is 1. The molecule has 0 N–H and O–H groups in total. The summed E-state index contributed by atoms with van der Waals surface area (Å²) in [4.78, 5) is 26.3. The van der Waals surface area contributed by atoms with Crippen LogP contribution >= 0.6 is 23.2 Å². The molecule has 1 heterocycles. The molecule has 0 saturated heterocycles. The van der Waals surface area contributed by atoms with Gasteiger partial charge in [-0.2, -0.15) is 0 Å². The summed E-state index contributed by atoms with van der Waals surface area (Å²) in [5.41, 5.74) is -0.468. The van der Waals surface area contributed by atoms with Gasteiger partial charge in [0.25, 0.3) is 11.1 Å². The van der Waals surface area contributed by atoms with Crippen LogP contribution in [0, 0.1) is 0 Å². The molecule has 0 aliphatic carbocycles. The summed E-state index contributed by atoms with van der Waals surface area (Å²) in [6.07, 6.45) is 0. The Kier molecular flexibility index (Phi) is 3.83. The molecule has 0 aliphatic heterocycles. The lowest BCUT2D eigenvalue weighted by molar-refractivity contribution is 0.976. The van der Waals surface area contributed by atoms with Crippen molar-refractivity contribution in [2.45, 2.75) is 0 Å². The summed E-state index contributed by atoms with van der Waals surface area (Å²) < 4.78 is 1.13. The van der Waals surface area contributed by atoms with Gasteiger partial charge in [0.2, 0.25) is 0 Å². The molecule has 4 aromatic rings. The van der Waals surface area contributed by atoms with Crippen LogP contribution in [0.2, 0.25) is 10.0 Å². The van der Waals surface area contributed by atoms with Crippen molar-refractivity contribution in [3.63, 3.8) is 0 Å². The second-order valence-electron chi connectivity index (χ2n) is 5.66. The highest BCUT2D eigenvalue weighted by molar-refractivity contribution is 6.34. The molecule has 0 bridgehead atoms. The Bertz CT molecular complexity index is 1170. The van der Waals surface area contributed by atoms with Crippen molar-refractivity contribution < 1.29 is 0 Å². The molecule has 0 atom stereocenters. The van der Waals surface area contributed by atoms with Crippen molar-refractivity contribution in [1.82, 2.24) is 4.57 Å². The molecule has 0 saturated carbocycles. The maximum absolute atomic E-state index is 13.2. The third kappa shape index (κ3) is 2.62. The Morgan fingerprint density at radius 1 is 0.600 bits per heavy atom. The quantitative estimate of drug-likeness (QED) is 0.484. The molecule has 4 rings (SSSR count). The van der Waals surface area contributed by atoms with Crippen molar-refractivity contribution >= 4 is 44.7 Å². The average molecular weight is 368 g/mol. The Morgan fingerprint density at radius 2 is 1.00 bits per heavy atom. The molecule has 0 spiro atoms.